The van der Waals surface area contributed by atoms with E-state index in [4.69, 9.17) is 10.7 Å². The van der Waals surface area contributed by atoms with E-state index in [0.29, 0.717) is 32.6 Å². The second-order valence-corrected chi connectivity index (χ2v) is 11.9. The maximum absolute atomic E-state index is 13.4. The number of hydrogen-bond donors (Lipinski definition) is 2. The molecule has 2 amide bonds. The minimum Gasteiger partial charge on any atom is -0.395 e. The first kappa shape index (κ1) is 30.5. The maximum atomic E-state index is 13.4. The maximum Gasteiger partial charge on any atom is 0.586 e. The van der Waals surface area contributed by atoms with Gasteiger partial charge in [0.2, 0.25) is 11.8 Å². The van der Waals surface area contributed by atoms with Gasteiger partial charge >= 0.3 is 6.29 Å². The Morgan fingerprint density at radius 2 is 1.84 bits per heavy atom. The standard InChI is InChI=1S/C34H37F2N5O4/c1-21-5-3-7-28-32(21)39-33(41(28)16-14-38-22(2)42)26-6-4-15-40(20-26)31(43)19-27(37)17-23-8-10-24(11-9-23)25-12-13-29-30(18-25)45-34(35,36)44-29/h3,5,7-13,18,26-27H,4,6,14-17,19-20,37H2,1-2H3,(H,38,42)/t26-,27-/m1/s1. The highest BCUT2D eigenvalue weighted by Crippen LogP contribution is 2.43. The fourth-order valence-electron chi connectivity index (χ4n) is 6.30. The number of carbonyl (C=O) groups excluding carboxylic acids is 2. The van der Waals surface area contributed by atoms with Gasteiger partial charge in [0, 0.05) is 51.5 Å². The number of hydrogen-bond acceptors (Lipinski definition) is 6. The van der Waals surface area contributed by atoms with Crippen molar-refractivity contribution in [3.05, 3.63) is 77.6 Å². The van der Waals surface area contributed by atoms with Crippen LogP contribution in [0.3, 0.4) is 0 Å². The molecular formula is C34H37F2N5O4. The monoisotopic (exact) mass is 617 g/mol. The van der Waals surface area contributed by atoms with Crippen molar-refractivity contribution in [1.82, 2.24) is 19.8 Å². The highest BCUT2D eigenvalue weighted by Gasteiger charge is 2.43. The lowest BCUT2D eigenvalue weighted by molar-refractivity contribution is -0.286. The van der Waals surface area contributed by atoms with Crippen molar-refractivity contribution < 1.29 is 27.8 Å². The van der Waals surface area contributed by atoms with E-state index in [-0.39, 0.29) is 41.7 Å². The van der Waals surface area contributed by atoms with E-state index >= 15 is 0 Å². The van der Waals surface area contributed by atoms with Gasteiger partial charge in [0.25, 0.3) is 0 Å². The van der Waals surface area contributed by atoms with Crippen LogP contribution in [0.1, 0.15) is 49.1 Å². The van der Waals surface area contributed by atoms with Crippen LogP contribution in [0.15, 0.2) is 60.7 Å². The molecule has 3 aromatic carbocycles. The lowest BCUT2D eigenvalue weighted by Gasteiger charge is -2.33. The number of carbonyl (C=O) groups is 2. The molecule has 1 saturated heterocycles. The quantitative estimate of drug-likeness (QED) is 0.269. The first-order chi connectivity index (χ1) is 21.6. The summed E-state index contributed by atoms with van der Waals surface area (Å²) < 4.78 is 38.0. The average molecular weight is 618 g/mol. The number of para-hydroxylation sites is 1. The molecule has 9 nitrogen and oxygen atoms in total. The van der Waals surface area contributed by atoms with E-state index in [9.17, 15) is 18.4 Å². The Labute approximate surface area is 260 Å². The predicted octanol–water partition coefficient (Wildman–Crippen LogP) is 5.14. The largest absolute Gasteiger partial charge is 0.586 e. The van der Waals surface area contributed by atoms with Crippen molar-refractivity contribution in [2.75, 3.05) is 19.6 Å². The number of fused-ring (bicyclic) bond motifs is 2. The molecule has 1 fully saturated rings. The number of amides is 2. The summed E-state index contributed by atoms with van der Waals surface area (Å²) in [6.45, 7) is 5.92. The molecule has 2 atom stereocenters. The summed E-state index contributed by atoms with van der Waals surface area (Å²) in [5.74, 6) is 0.989. The van der Waals surface area contributed by atoms with Crippen molar-refractivity contribution in [3.63, 3.8) is 0 Å². The number of rotatable bonds is 9. The fourth-order valence-corrected chi connectivity index (χ4v) is 6.30. The molecule has 6 rings (SSSR count). The SMILES string of the molecule is CC(=O)NCCn1c([C@@H]2CCCN(C(=O)C[C@H](N)Cc3ccc(-c4ccc5c(c4)OC(F)(F)O5)cc3)C2)nc2c(C)cccc21. The van der Waals surface area contributed by atoms with Gasteiger partial charge < -0.3 is 30.0 Å². The first-order valence-corrected chi connectivity index (χ1v) is 15.3. The summed E-state index contributed by atoms with van der Waals surface area (Å²) in [6, 6.07) is 18.1. The predicted molar refractivity (Wildman–Crippen MR) is 166 cm³/mol. The Morgan fingerprint density at radius 3 is 2.62 bits per heavy atom. The number of nitrogens with zero attached hydrogens (tertiary/aromatic N) is 3. The third-order valence-corrected chi connectivity index (χ3v) is 8.48. The molecule has 236 valence electrons. The zero-order valence-corrected chi connectivity index (χ0v) is 25.4. The average Bonchev–Trinajstić information content (AvgIpc) is 3.53. The van der Waals surface area contributed by atoms with Crippen LogP contribution in [0.5, 0.6) is 11.5 Å². The normalized spacial score (nSPS) is 17.8. The highest BCUT2D eigenvalue weighted by molar-refractivity contribution is 5.80. The van der Waals surface area contributed by atoms with E-state index in [2.05, 4.69) is 25.4 Å². The number of nitrogens with two attached hydrogens (primary N) is 1. The molecule has 0 spiro atoms. The Bertz CT molecular complexity index is 1720. The van der Waals surface area contributed by atoms with Gasteiger partial charge in [-0.25, -0.2) is 4.98 Å². The van der Waals surface area contributed by atoms with Crippen LogP contribution in [0.2, 0.25) is 0 Å². The van der Waals surface area contributed by atoms with Gasteiger partial charge in [0.05, 0.1) is 11.0 Å². The number of alkyl halides is 2. The fraction of sp³-hybridized carbons (Fsp3) is 0.382. The van der Waals surface area contributed by atoms with Crippen LogP contribution in [0.25, 0.3) is 22.2 Å². The van der Waals surface area contributed by atoms with Crippen molar-refractivity contribution in [1.29, 1.82) is 0 Å². The molecule has 2 aliphatic rings. The molecule has 2 aliphatic heterocycles. The lowest BCUT2D eigenvalue weighted by Crippen LogP contribution is -2.42. The lowest BCUT2D eigenvalue weighted by atomic mass is 9.95. The summed E-state index contributed by atoms with van der Waals surface area (Å²) in [5, 5.41) is 2.88. The summed E-state index contributed by atoms with van der Waals surface area (Å²) in [6.07, 6.45) is -1.11. The number of likely N-dealkylation sites (tertiary alicyclic amines) is 1. The first-order valence-electron chi connectivity index (χ1n) is 15.3. The molecule has 1 aromatic heterocycles. The number of ether oxygens (including phenoxy) is 2. The molecule has 0 aliphatic carbocycles. The molecule has 3 N–H and O–H groups in total. The van der Waals surface area contributed by atoms with Gasteiger partial charge in [0.1, 0.15) is 5.82 Å². The molecule has 3 heterocycles. The third kappa shape index (κ3) is 6.78. The Hall–Kier alpha value is -4.51. The van der Waals surface area contributed by atoms with Crippen LogP contribution < -0.4 is 20.5 Å². The number of benzene rings is 3. The summed E-state index contributed by atoms with van der Waals surface area (Å²) in [5.41, 5.74) is 12.1. The molecule has 0 unspecified atom stereocenters. The van der Waals surface area contributed by atoms with Gasteiger partial charge in [-0.05, 0) is 66.6 Å². The van der Waals surface area contributed by atoms with Gasteiger partial charge in [-0.15, -0.1) is 8.78 Å². The molecule has 0 radical (unpaired) electrons. The van der Waals surface area contributed by atoms with E-state index < -0.39 is 6.29 Å². The third-order valence-electron chi connectivity index (χ3n) is 8.48. The second-order valence-electron chi connectivity index (χ2n) is 11.9. The van der Waals surface area contributed by atoms with Gasteiger partial charge in [-0.3, -0.25) is 9.59 Å². The van der Waals surface area contributed by atoms with E-state index in [1.165, 1.54) is 19.1 Å². The number of aromatic nitrogens is 2. The summed E-state index contributed by atoms with van der Waals surface area (Å²) in [4.78, 5) is 31.9. The Morgan fingerprint density at radius 1 is 1.09 bits per heavy atom. The minimum atomic E-state index is -3.65. The van der Waals surface area contributed by atoms with Crippen LogP contribution in [-0.4, -0.2) is 58.2 Å². The van der Waals surface area contributed by atoms with Crippen LogP contribution >= 0.6 is 0 Å². The van der Waals surface area contributed by atoms with E-state index in [0.717, 1.165) is 52.0 Å². The van der Waals surface area contributed by atoms with E-state index in [1.54, 1.807) is 6.07 Å². The van der Waals surface area contributed by atoms with E-state index in [1.807, 2.05) is 48.2 Å². The molecule has 11 heteroatoms. The summed E-state index contributed by atoms with van der Waals surface area (Å²) >= 11 is 0. The molecule has 4 aromatic rings. The molecule has 0 bridgehead atoms. The second kappa shape index (κ2) is 12.5. The van der Waals surface area contributed by atoms with Crippen LogP contribution in [-0.2, 0) is 22.6 Å². The van der Waals surface area contributed by atoms with Crippen LogP contribution in [0.4, 0.5) is 8.78 Å². The Kier molecular flexibility index (Phi) is 8.46. The highest BCUT2D eigenvalue weighted by atomic mass is 19.3. The van der Waals surface area contributed by atoms with Crippen molar-refractivity contribution in [3.8, 4) is 22.6 Å². The number of aryl methyl sites for hydroxylation is 1. The van der Waals surface area contributed by atoms with Crippen molar-refractivity contribution in [2.24, 2.45) is 5.73 Å². The number of piperidine rings is 1. The van der Waals surface area contributed by atoms with Gasteiger partial charge in [-0.1, -0.05) is 42.5 Å². The molecule has 0 saturated carbocycles. The zero-order chi connectivity index (χ0) is 31.7. The van der Waals surface area contributed by atoms with Crippen molar-refractivity contribution in [2.45, 2.75) is 64.3 Å². The topological polar surface area (TPSA) is 112 Å². The number of nitrogens with one attached hydrogen (secondary N) is 1. The number of halogens is 2. The van der Waals surface area contributed by atoms with Gasteiger partial charge in [0.15, 0.2) is 11.5 Å². The zero-order valence-electron chi connectivity index (χ0n) is 25.4. The Balaban J connectivity index is 1.08. The molecular weight excluding hydrogens is 580 g/mol. The molecule has 45 heavy (non-hydrogen) atoms. The van der Waals surface area contributed by atoms with Crippen molar-refractivity contribution >= 4 is 22.8 Å². The smallest absolute Gasteiger partial charge is 0.395 e. The minimum absolute atomic E-state index is 0.000541. The summed E-state index contributed by atoms with van der Waals surface area (Å²) in [7, 11) is 0. The van der Waals surface area contributed by atoms with Gasteiger partial charge in [-0.2, -0.15) is 0 Å². The van der Waals surface area contributed by atoms with Crippen LogP contribution in [0, 0.1) is 6.92 Å². The number of imidazole rings is 1.